The molecule has 20 heavy (non-hydrogen) atoms. The van der Waals surface area contributed by atoms with E-state index < -0.39 is 0 Å². The highest BCUT2D eigenvalue weighted by molar-refractivity contribution is 5.42. The van der Waals surface area contributed by atoms with Crippen LogP contribution in [-0.4, -0.2) is 22.6 Å². The number of nitrogen functional groups attached to an aromatic ring is 1. The molecule has 0 spiro atoms. The molecule has 0 amide bonds. The smallest absolute Gasteiger partial charge is 0.225 e. The second-order valence-corrected chi connectivity index (χ2v) is 6.63. The van der Waals surface area contributed by atoms with Crippen molar-refractivity contribution in [1.82, 2.24) is 9.97 Å². The molecule has 0 saturated heterocycles. The number of aromatic nitrogens is 2. The number of nitrogens with two attached hydrogens (primary N) is 1. The molecular formula is C15H26N4O. The summed E-state index contributed by atoms with van der Waals surface area (Å²) >= 11 is 0. The van der Waals surface area contributed by atoms with Gasteiger partial charge in [0.2, 0.25) is 11.8 Å². The minimum Gasteiger partial charge on any atom is -0.474 e. The van der Waals surface area contributed by atoms with Gasteiger partial charge in [0.15, 0.2) is 0 Å². The van der Waals surface area contributed by atoms with Gasteiger partial charge in [-0.1, -0.05) is 20.8 Å². The van der Waals surface area contributed by atoms with Crippen molar-refractivity contribution in [3.05, 3.63) is 6.07 Å². The largest absolute Gasteiger partial charge is 0.474 e. The van der Waals surface area contributed by atoms with Gasteiger partial charge < -0.3 is 15.8 Å². The van der Waals surface area contributed by atoms with Gasteiger partial charge in [0.05, 0.1) is 0 Å². The standard InChI is InChI=1S/C15H26N4O/c1-5-17-12-7-13(19-14(16)18-12)20-11-6-10(2)8-15(3,4)9-11/h7,10-11H,5-6,8-9H2,1-4H3,(H3,16,17,18,19). The second kappa shape index (κ2) is 5.85. The molecule has 0 radical (unpaired) electrons. The molecule has 1 fully saturated rings. The lowest BCUT2D eigenvalue weighted by Crippen LogP contribution is -2.34. The number of nitrogens with zero attached hydrogens (tertiary/aromatic N) is 2. The van der Waals surface area contributed by atoms with Crippen molar-refractivity contribution >= 4 is 11.8 Å². The highest BCUT2D eigenvalue weighted by Crippen LogP contribution is 2.39. The predicted molar refractivity (Wildman–Crippen MR) is 81.8 cm³/mol. The molecule has 1 aromatic rings. The fourth-order valence-corrected chi connectivity index (χ4v) is 3.29. The van der Waals surface area contributed by atoms with E-state index >= 15 is 0 Å². The van der Waals surface area contributed by atoms with Gasteiger partial charge >= 0.3 is 0 Å². The van der Waals surface area contributed by atoms with Gasteiger partial charge in [-0.25, -0.2) is 0 Å². The molecule has 1 aliphatic rings. The van der Waals surface area contributed by atoms with Gasteiger partial charge in [0.25, 0.3) is 0 Å². The normalized spacial score (nSPS) is 25.2. The molecule has 2 unspecified atom stereocenters. The Balaban J connectivity index is 2.09. The van der Waals surface area contributed by atoms with Gasteiger partial charge in [-0.3, -0.25) is 0 Å². The Hall–Kier alpha value is -1.52. The van der Waals surface area contributed by atoms with Crippen LogP contribution in [0.3, 0.4) is 0 Å². The third-order valence-electron chi connectivity index (χ3n) is 3.71. The summed E-state index contributed by atoms with van der Waals surface area (Å²) in [7, 11) is 0. The summed E-state index contributed by atoms with van der Waals surface area (Å²) in [5, 5.41) is 3.14. The molecule has 0 bridgehead atoms. The van der Waals surface area contributed by atoms with Crippen LogP contribution in [0.15, 0.2) is 6.07 Å². The summed E-state index contributed by atoms with van der Waals surface area (Å²) in [5.41, 5.74) is 6.06. The van der Waals surface area contributed by atoms with E-state index in [1.165, 1.54) is 6.42 Å². The van der Waals surface area contributed by atoms with Crippen LogP contribution in [0.1, 0.15) is 47.0 Å². The third-order valence-corrected chi connectivity index (χ3v) is 3.71. The minimum absolute atomic E-state index is 0.206. The Labute approximate surface area is 121 Å². The van der Waals surface area contributed by atoms with Crippen molar-refractivity contribution in [3.8, 4) is 5.88 Å². The zero-order chi connectivity index (χ0) is 14.8. The van der Waals surface area contributed by atoms with Crippen molar-refractivity contribution in [2.45, 2.75) is 53.1 Å². The molecular weight excluding hydrogens is 252 g/mol. The molecule has 2 atom stereocenters. The zero-order valence-electron chi connectivity index (χ0n) is 12.9. The lowest BCUT2D eigenvalue weighted by atomic mass is 9.71. The molecule has 1 saturated carbocycles. The Morgan fingerprint density at radius 1 is 1.40 bits per heavy atom. The SMILES string of the molecule is CCNc1cc(OC2CC(C)CC(C)(C)C2)nc(N)n1. The summed E-state index contributed by atoms with van der Waals surface area (Å²) in [6.07, 6.45) is 3.58. The fourth-order valence-electron chi connectivity index (χ4n) is 3.29. The predicted octanol–water partition coefficient (Wildman–Crippen LogP) is 3.08. The van der Waals surface area contributed by atoms with Crippen molar-refractivity contribution in [2.75, 3.05) is 17.6 Å². The zero-order valence-corrected chi connectivity index (χ0v) is 12.9. The summed E-state index contributed by atoms with van der Waals surface area (Å²) < 4.78 is 6.06. The van der Waals surface area contributed by atoms with Crippen LogP contribution in [0, 0.1) is 11.3 Å². The molecule has 3 N–H and O–H groups in total. The van der Waals surface area contributed by atoms with Gasteiger partial charge in [-0.2, -0.15) is 9.97 Å². The Bertz CT molecular complexity index is 461. The van der Waals surface area contributed by atoms with Crippen molar-refractivity contribution in [2.24, 2.45) is 11.3 Å². The average molecular weight is 278 g/mol. The maximum atomic E-state index is 6.06. The molecule has 0 aromatic carbocycles. The number of hydrogen-bond donors (Lipinski definition) is 2. The maximum absolute atomic E-state index is 6.06. The minimum atomic E-state index is 0.206. The first-order valence-electron chi connectivity index (χ1n) is 7.43. The first-order chi connectivity index (χ1) is 9.38. The van der Waals surface area contributed by atoms with E-state index in [0.717, 1.165) is 25.2 Å². The summed E-state index contributed by atoms with van der Waals surface area (Å²) in [5.74, 6) is 2.22. The second-order valence-electron chi connectivity index (χ2n) is 6.63. The quantitative estimate of drug-likeness (QED) is 0.885. The Morgan fingerprint density at radius 2 is 2.15 bits per heavy atom. The average Bonchev–Trinajstić information content (AvgIpc) is 2.24. The molecule has 112 valence electrons. The number of ether oxygens (including phenoxy) is 1. The van der Waals surface area contributed by atoms with E-state index in [9.17, 15) is 0 Å². The molecule has 1 heterocycles. The van der Waals surface area contributed by atoms with Gasteiger partial charge in [0.1, 0.15) is 11.9 Å². The molecule has 0 aliphatic heterocycles. The summed E-state index contributed by atoms with van der Waals surface area (Å²) in [6, 6.07) is 1.83. The lowest BCUT2D eigenvalue weighted by molar-refractivity contribution is 0.0533. The van der Waals surface area contributed by atoms with E-state index in [-0.39, 0.29) is 12.1 Å². The monoisotopic (exact) mass is 278 g/mol. The van der Waals surface area contributed by atoms with Gasteiger partial charge in [-0.05, 0) is 37.5 Å². The first kappa shape index (κ1) is 14.9. The number of hydrogen-bond acceptors (Lipinski definition) is 5. The first-order valence-corrected chi connectivity index (χ1v) is 7.43. The van der Waals surface area contributed by atoms with Crippen LogP contribution in [-0.2, 0) is 0 Å². The van der Waals surface area contributed by atoms with Crippen LogP contribution < -0.4 is 15.8 Å². The van der Waals surface area contributed by atoms with Crippen molar-refractivity contribution in [1.29, 1.82) is 0 Å². The summed E-state index contributed by atoms with van der Waals surface area (Å²) in [4.78, 5) is 8.32. The molecule has 5 heteroatoms. The fraction of sp³-hybridized carbons (Fsp3) is 0.733. The van der Waals surface area contributed by atoms with Crippen molar-refractivity contribution < 1.29 is 4.74 Å². The maximum Gasteiger partial charge on any atom is 0.225 e. The van der Waals surface area contributed by atoms with E-state index in [1.54, 1.807) is 0 Å². The number of rotatable bonds is 4. The van der Waals surface area contributed by atoms with E-state index in [1.807, 2.05) is 13.0 Å². The molecule has 2 rings (SSSR count). The van der Waals surface area contributed by atoms with Crippen LogP contribution in [0.4, 0.5) is 11.8 Å². The van der Waals surface area contributed by atoms with E-state index in [0.29, 0.717) is 17.2 Å². The molecule has 1 aromatic heterocycles. The third kappa shape index (κ3) is 3.99. The van der Waals surface area contributed by atoms with Gasteiger partial charge in [0, 0.05) is 12.6 Å². The highest BCUT2D eigenvalue weighted by atomic mass is 16.5. The Kier molecular flexibility index (Phi) is 4.35. The highest BCUT2D eigenvalue weighted by Gasteiger charge is 2.33. The topological polar surface area (TPSA) is 73.1 Å². The summed E-state index contributed by atoms with van der Waals surface area (Å²) in [6.45, 7) is 9.71. The lowest BCUT2D eigenvalue weighted by Gasteiger charge is -2.38. The number of anilines is 2. The van der Waals surface area contributed by atoms with E-state index in [2.05, 4.69) is 36.1 Å². The molecule has 1 aliphatic carbocycles. The van der Waals surface area contributed by atoms with Crippen LogP contribution >= 0.6 is 0 Å². The van der Waals surface area contributed by atoms with Crippen molar-refractivity contribution in [3.63, 3.8) is 0 Å². The molecule has 5 nitrogen and oxygen atoms in total. The van der Waals surface area contributed by atoms with Crippen LogP contribution in [0.2, 0.25) is 0 Å². The van der Waals surface area contributed by atoms with Crippen LogP contribution in [0.25, 0.3) is 0 Å². The van der Waals surface area contributed by atoms with E-state index in [4.69, 9.17) is 10.5 Å². The van der Waals surface area contributed by atoms with Gasteiger partial charge in [-0.15, -0.1) is 0 Å². The Morgan fingerprint density at radius 3 is 2.80 bits per heavy atom. The number of nitrogens with one attached hydrogen (secondary N) is 1. The van der Waals surface area contributed by atoms with Crippen LogP contribution in [0.5, 0.6) is 5.88 Å².